The van der Waals surface area contributed by atoms with Gasteiger partial charge in [-0.05, 0) is 19.9 Å². The van der Waals surface area contributed by atoms with E-state index < -0.39 is 5.60 Å². The largest absolute Gasteiger partial charge is 0.382 e. The summed E-state index contributed by atoms with van der Waals surface area (Å²) in [7, 11) is 1.61. The number of amides is 1. The third-order valence-electron chi connectivity index (χ3n) is 4.26. The fourth-order valence-electron chi connectivity index (χ4n) is 3.34. The molecule has 134 valence electrons. The second-order valence-corrected chi connectivity index (χ2v) is 6.90. The summed E-state index contributed by atoms with van der Waals surface area (Å²) in [6.07, 6.45) is 3.09. The Balaban J connectivity index is 1.89. The standard InChI is InChI=1S/C19H23FN2O3/c1-19(2)12-22(10-13(25-19)11-24-3)18(23)16-9-21-8-15(16)14-6-4-5-7-17(14)20/h4-9,13,21H,10-12H2,1-3H3/t13-/m0/s1. The van der Waals surface area contributed by atoms with Gasteiger partial charge in [0.25, 0.3) is 5.91 Å². The maximum absolute atomic E-state index is 14.1. The van der Waals surface area contributed by atoms with Crippen LogP contribution >= 0.6 is 0 Å². The number of carbonyl (C=O) groups is 1. The zero-order chi connectivity index (χ0) is 18.0. The molecule has 1 fully saturated rings. The van der Waals surface area contributed by atoms with Gasteiger partial charge in [-0.1, -0.05) is 18.2 Å². The van der Waals surface area contributed by atoms with Gasteiger partial charge in [0.15, 0.2) is 0 Å². The summed E-state index contributed by atoms with van der Waals surface area (Å²) in [6.45, 7) is 5.22. The molecular weight excluding hydrogens is 323 g/mol. The molecule has 1 aromatic heterocycles. The van der Waals surface area contributed by atoms with Crippen molar-refractivity contribution >= 4 is 5.91 Å². The first kappa shape index (κ1) is 17.6. The maximum atomic E-state index is 14.1. The van der Waals surface area contributed by atoms with Crippen LogP contribution in [-0.4, -0.2) is 54.3 Å². The number of aromatic nitrogens is 1. The van der Waals surface area contributed by atoms with Crippen LogP contribution in [0.5, 0.6) is 0 Å². The molecule has 25 heavy (non-hydrogen) atoms. The van der Waals surface area contributed by atoms with Crippen molar-refractivity contribution < 1.29 is 18.7 Å². The number of carbonyl (C=O) groups excluding carboxylic acids is 1. The fraction of sp³-hybridized carbons (Fsp3) is 0.421. The maximum Gasteiger partial charge on any atom is 0.256 e. The minimum Gasteiger partial charge on any atom is -0.382 e. The SMILES string of the molecule is COC[C@@H]1CN(C(=O)c2c[nH]cc2-c2ccccc2F)CC(C)(C)O1. The van der Waals surface area contributed by atoms with Gasteiger partial charge < -0.3 is 19.4 Å². The molecule has 5 nitrogen and oxygen atoms in total. The van der Waals surface area contributed by atoms with Gasteiger partial charge in [-0.3, -0.25) is 4.79 Å². The monoisotopic (exact) mass is 346 g/mol. The smallest absolute Gasteiger partial charge is 0.256 e. The van der Waals surface area contributed by atoms with E-state index in [1.807, 2.05) is 13.8 Å². The van der Waals surface area contributed by atoms with Gasteiger partial charge in [-0.2, -0.15) is 0 Å². The van der Waals surface area contributed by atoms with E-state index in [1.54, 1.807) is 42.6 Å². The molecule has 1 atom stereocenters. The summed E-state index contributed by atoms with van der Waals surface area (Å²) in [5.74, 6) is -0.493. The summed E-state index contributed by atoms with van der Waals surface area (Å²) in [5.41, 5.74) is 0.966. The minimum atomic E-state index is -0.467. The minimum absolute atomic E-state index is 0.142. The Morgan fingerprint density at radius 2 is 2.12 bits per heavy atom. The summed E-state index contributed by atoms with van der Waals surface area (Å²) in [6, 6.07) is 6.45. The molecule has 1 saturated heterocycles. The Kier molecular flexibility index (Phi) is 4.92. The van der Waals surface area contributed by atoms with Crippen LogP contribution in [-0.2, 0) is 9.47 Å². The number of hydrogen-bond donors (Lipinski definition) is 1. The number of aromatic amines is 1. The van der Waals surface area contributed by atoms with E-state index in [0.717, 1.165) is 0 Å². The van der Waals surface area contributed by atoms with Crippen molar-refractivity contribution in [1.29, 1.82) is 0 Å². The molecule has 1 aromatic carbocycles. The first-order valence-corrected chi connectivity index (χ1v) is 8.29. The Hall–Kier alpha value is -2.18. The van der Waals surface area contributed by atoms with E-state index in [9.17, 15) is 9.18 Å². The van der Waals surface area contributed by atoms with Crippen LogP contribution in [0.15, 0.2) is 36.7 Å². The number of methoxy groups -OCH3 is 1. The van der Waals surface area contributed by atoms with Gasteiger partial charge in [-0.15, -0.1) is 0 Å². The summed E-state index contributed by atoms with van der Waals surface area (Å²) < 4.78 is 25.3. The molecule has 6 heteroatoms. The zero-order valence-electron chi connectivity index (χ0n) is 14.7. The summed E-state index contributed by atoms with van der Waals surface area (Å²) in [5, 5.41) is 0. The normalized spacial score (nSPS) is 19.8. The molecule has 0 bridgehead atoms. The highest BCUT2D eigenvalue weighted by molar-refractivity contribution is 6.01. The average molecular weight is 346 g/mol. The van der Waals surface area contributed by atoms with Crippen LogP contribution in [0.3, 0.4) is 0 Å². The quantitative estimate of drug-likeness (QED) is 0.926. The van der Waals surface area contributed by atoms with Gasteiger partial charge in [0.05, 0.1) is 23.9 Å². The van der Waals surface area contributed by atoms with Crippen LogP contribution in [0.4, 0.5) is 4.39 Å². The Morgan fingerprint density at radius 3 is 2.84 bits per heavy atom. The Bertz CT molecular complexity index is 757. The molecule has 0 radical (unpaired) electrons. The highest BCUT2D eigenvalue weighted by Crippen LogP contribution is 2.29. The van der Waals surface area contributed by atoms with Crippen molar-refractivity contribution in [3.05, 3.63) is 48.0 Å². The molecule has 1 N–H and O–H groups in total. The van der Waals surface area contributed by atoms with E-state index in [1.165, 1.54) is 6.07 Å². The molecule has 0 saturated carbocycles. The summed E-state index contributed by atoms with van der Waals surface area (Å²) >= 11 is 0. The van der Waals surface area contributed by atoms with E-state index in [4.69, 9.17) is 9.47 Å². The van der Waals surface area contributed by atoms with Crippen LogP contribution in [0, 0.1) is 5.82 Å². The first-order chi connectivity index (χ1) is 11.9. The fourth-order valence-corrected chi connectivity index (χ4v) is 3.34. The number of halogens is 1. The second kappa shape index (κ2) is 6.98. The number of nitrogens with zero attached hydrogens (tertiary/aromatic N) is 1. The molecule has 1 amide bonds. The van der Waals surface area contributed by atoms with Crippen molar-refractivity contribution in [1.82, 2.24) is 9.88 Å². The second-order valence-electron chi connectivity index (χ2n) is 6.90. The summed E-state index contributed by atoms with van der Waals surface area (Å²) in [4.78, 5) is 17.8. The number of ether oxygens (including phenoxy) is 2. The van der Waals surface area contributed by atoms with Crippen molar-refractivity contribution in [3.63, 3.8) is 0 Å². The van der Waals surface area contributed by atoms with Crippen molar-refractivity contribution in [2.45, 2.75) is 25.6 Å². The first-order valence-electron chi connectivity index (χ1n) is 8.29. The molecule has 1 aliphatic heterocycles. The van der Waals surface area contributed by atoms with Crippen molar-refractivity contribution in [2.24, 2.45) is 0 Å². The molecule has 0 unspecified atom stereocenters. The number of hydrogen-bond acceptors (Lipinski definition) is 3. The van der Waals surface area contributed by atoms with Crippen LogP contribution in [0.1, 0.15) is 24.2 Å². The van der Waals surface area contributed by atoms with E-state index in [2.05, 4.69) is 4.98 Å². The third-order valence-corrected chi connectivity index (χ3v) is 4.26. The zero-order valence-corrected chi connectivity index (χ0v) is 14.7. The van der Waals surface area contributed by atoms with E-state index >= 15 is 0 Å². The predicted molar refractivity (Wildman–Crippen MR) is 92.9 cm³/mol. The Morgan fingerprint density at radius 1 is 1.36 bits per heavy atom. The van der Waals surface area contributed by atoms with Gasteiger partial charge >= 0.3 is 0 Å². The topological polar surface area (TPSA) is 54.6 Å². The Labute approximate surface area is 146 Å². The number of rotatable bonds is 4. The molecule has 2 aromatic rings. The van der Waals surface area contributed by atoms with Gasteiger partial charge in [0.2, 0.25) is 0 Å². The lowest BCUT2D eigenvalue weighted by atomic mass is 10.0. The third kappa shape index (κ3) is 3.75. The molecular formula is C19H23FN2O3. The molecule has 3 rings (SSSR count). The van der Waals surface area contributed by atoms with Gasteiger partial charge in [0.1, 0.15) is 5.82 Å². The molecule has 0 spiro atoms. The van der Waals surface area contributed by atoms with E-state index in [0.29, 0.717) is 36.4 Å². The lowest BCUT2D eigenvalue weighted by Crippen LogP contribution is -2.55. The molecule has 2 heterocycles. The van der Waals surface area contributed by atoms with Crippen molar-refractivity contribution in [3.8, 4) is 11.1 Å². The number of H-pyrrole nitrogens is 1. The number of benzene rings is 1. The molecule has 0 aliphatic carbocycles. The van der Waals surface area contributed by atoms with Gasteiger partial charge in [0, 0.05) is 43.7 Å². The van der Waals surface area contributed by atoms with Gasteiger partial charge in [-0.25, -0.2) is 4.39 Å². The van der Waals surface area contributed by atoms with Crippen LogP contribution in [0.25, 0.3) is 11.1 Å². The average Bonchev–Trinajstić information content (AvgIpc) is 3.02. The number of morpholine rings is 1. The number of nitrogens with one attached hydrogen (secondary N) is 1. The van der Waals surface area contributed by atoms with E-state index in [-0.39, 0.29) is 17.8 Å². The predicted octanol–water partition coefficient (Wildman–Crippen LogP) is 3.09. The highest BCUT2D eigenvalue weighted by Gasteiger charge is 2.36. The lowest BCUT2D eigenvalue weighted by Gasteiger charge is -2.42. The lowest BCUT2D eigenvalue weighted by molar-refractivity contribution is -0.143. The van der Waals surface area contributed by atoms with Crippen molar-refractivity contribution in [2.75, 3.05) is 26.8 Å². The van der Waals surface area contributed by atoms with Crippen LogP contribution < -0.4 is 0 Å². The van der Waals surface area contributed by atoms with Crippen LogP contribution in [0.2, 0.25) is 0 Å². The molecule has 1 aliphatic rings. The highest BCUT2D eigenvalue weighted by atomic mass is 19.1.